The lowest BCUT2D eigenvalue weighted by Gasteiger charge is -2.16. The Morgan fingerprint density at radius 3 is 2.48 bits per heavy atom. The Labute approximate surface area is 136 Å². The second kappa shape index (κ2) is 7.58. The van der Waals surface area contributed by atoms with Crippen LogP contribution in [0.1, 0.15) is 49.0 Å². The minimum atomic E-state index is -0.187. The molecule has 23 heavy (non-hydrogen) atoms. The number of benzene rings is 2. The first kappa shape index (κ1) is 16.7. The quantitative estimate of drug-likeness (QED) is 0.859. The zero-order valence-corrected chi connectivity index (χ0v) is 13.7. The molecule has 0 saturated heterocycles. The molecule has 0 aliphatic rings. The Morgan fingerprint density at radius 2 is 1.78 bits per heavy atom. The summed E-state index contributed by atoms with van der Waals surface area (Å²) in [6.45, 7) is 5.71. The second-order valence-electron chi connectivity index (χ2n) is 5.61. The number of nitrogens with one attached hydrogen (secondary N) is 2. The molecule has 2 amide bonds. The highest BCUT2D eigenvalue weighted by molar-refractivity contribution is 6.05. The minimum Gasteiger partial charge on any atom is -0.326 e. The van der Waals surface area contributed by atoms with Crippen LogP contribution in [-0.2, 0) is 4.79 Å². The second-order valence-corrected chi connectivity index (χ2v) is 5.61. The number of carbonyl (C=O) groups excluding carboxylic acids is 2. The van der Waals surface area contributed by atoms with Gasteiger partial charge in [0, 0.05) is 23.9 Å². The van der Waals surface area contributed by atoms with Gasteiger partial charge in [-0.3, -0.25) is 9.59 Å². The van der Waals surface area contributed by atoms with Crippen LogP contribution in [0, 0.1) is 0 Å². The van der Waals surface area contributed by atoms with Crippen molar-refractivity contribution in [2.45, 2.75) is 33.1 Å². The van der Waals surface area contributed by atoms with E-state index in [2.05, 4.69) is 24.5 Å². The van der Waals surface area contributed by atoms with Crippen molar-refractivity contribution in [1.82, 2.24) is 0 Å². The number of anilines is 2. The van der Waals surface area contributed by atoms with Gasteiger partial charge in [0.25, 0.3) is 5.91 Å². The van der Waals surface area contributed by atoms with Crippen LogP contribution >= 0.6 is 0 Å². The first-order chi connectivity index (χ1) is 11.0. The molecule has 1 atom stereocenters. The normalized spacial score (nSPS) is 11.6. The van der Waals surface area contributed by atoms with Crippen molar-refractivity contribution in [2.75, 3.05) is 10.6 Å². The van der Waals surface area contributed by atoms with Crippen molar-refractivity contribution in [3.05, 3.63) is 59.7 Å². The molecule has 0 radical (unpaired) electrons. The summed E-state index contributed by atoms with van der Waals surface area (Å²) in [6.07, 6.45) is 1.00. The summed E-state index contributed by atoms with van der Waals surface area (Å²) in [5.74, 6) is 0.0230. The fraction of sp³-hybridized carbons (Fsp3) is 0.263. The van der Waals surface area contributed by atoms with Gasteiger partial charge >= 0.3 is 0 Å². The highest BCUT2D eigenvalue weighted by Gasteiger charge is 2.12. The molecule has 0 saturated carbocycles. The van der Waals surface area contributed by atoms with Crippen molar-refractivity contribution >= 4 is 23.2 Å². The maximum atomic E-state index is 12.5. The lowest BCUT2D eigenvalue weighted by Crippen LogP contribution is -2.14. The largest absolute Gasteiger partial charge is 0.326 e. The Bertz CT molecular complexity index is 710. The van der Waals surface area contributed by atoms with E-state index in [1.165, 1.54) is 6.92 Å². The summed E-state index contributed by atoms with van der Waals surface area (Å²) in [6, 6.07) is 14.7. The van der Waals surface area contributed by atoms with Gasteiger partial charge in [-0.25, -0.2) is 0 Å². The van der Waals surface area contributed by atoms with E-state index in [0.29, 0.717) is 17.2 Å². The zero-order chi connectivity index (χ0) is 16.8. The molecule has 2 rings (SSSR count). The van der Waals surface area contributed by atoms with Crippen LogP contribution in [0.5, 0.6) is 0 Å². The lowest BCUT2D eigenvalue weighted by atomic mass is 9.97. The summed E-state index contributed by atoms with van der Waals surface area (Å²) in [4.78, 5) is 23.6. The number of amides is 2. The summed E-state index contributed by atoms with van der Waals surface area (Å²) in [5, 5.41) is 5.65. The molecular weight excluding hydrogens is 288 g/mol. The lowest BCUT2D eigenvalue weighted by molar-refractivity contribution is -0.114. The van der Waals surface area contributed by atoms with Gasteiger partial charge < -0.3 is 10.6 Å². The van der Waals surface area contributed by atoms with Crippen molar-refractivity contribution in [3.8, 4) is 0 Å². The third-order valence-electron chi connectivity index (χ3n) is 3.80. The first-order valence-corrected chi connectivity index (χ1v) is 7.79. The molecule has 4 nitrogen and oxygen atoms in total. The fourth-order valence-corrected chi connectivity index (χ4v) is 2.40. The molecule has 2 aromatic rings. The van der Waals surface area contributed by atoms with Crippen molar-refractivity contribution in [2.24, 2.45) is 0 Å². The van der Waals surface area contributed by atoms with Crippen molar-refractivity contribution in [1.29, 1.82) is 0 Å². The Hall–Kier alpha value is -2.62. The van der Waals surface area contributed by atoms with Crippen molar-refractivity contribution in [3.63, 3.8) is 0 Å². The van der Waals surface area contributed by atoms with E-state index in [4.69, 9.17) is 0 Å². The van der Waals surface area contributed by atoms with Gasteiger partial charge in [0.15, 0.2) is 0 Å². The van der Waals surface area contributed by atoms with Gasteiger partial charge in [-0.15, -0.1) is 0 Å². The van der Waals surface area contributed by atoms with Crippen LogP contribution in [0.3, 0.4) is 0 Å². The minimum absolute atomic E-state index is 0.162. The molecule has 0 bridgehead atoms. The average Bonchev–Trinajstić information content (AvgIpc) is 2.54. The van der Waals surface area contributed by atoms with E-state index in [-0.39, 0.29) is 11.8 Å². The molecule has 0 spiro atoms. The molecule has 0 heterocycles. The van der Waals surface area contributed by atoms with Crippen LogP contribution in [0.25, 0.3) is 0 Å². The number of carbonyl (C=O) groups is 2. The Morgan fingerprint density at radius 1 is 1.04 bits per heavy atom. The highest BCUT2D eigenvalue weighted by Crippen LogP contribution is 2.27. The molecule has 0 aliphatic heterocycles. The monoisotopic (exact) mass is 310 g/mol. The third kappa shape index (κ3) is 4.42. The molecule has 0 aromatic heterocycles. The molecule has 2 N–H and O–H groups in total. The van der Waals surface area contributed by atoms with E-state index < -0.39 is 0 Å². The predicted octanol–water partition coefficient (Wildman–Crippen LogP) is 4.41. The third-order valence-corrected chi connectivity index (χ3v) is 3.80. The number of hydrogen-bond donors (Lipinski definition) is 2. The van der Waals surface area contributed by atoms with E-state index in [1.807, 2.05) is 24.3 Å². The van der Waals surface area contributed by atoms with Gasteiger partial charge in [0.1, 0.15) is 0 Å². The number of rotatable bonds is 5. The molecule has 120 valence electrons. The van der Waals surface area contributed by atoms with Gasteiger partial charge in [0.05, 0.1) is 0 Å². The molecule has 2 aromatic carbocycles. The average molecular weight is 310 g/mol. The van der Waals surface area contributed by atoms with E-state index in [0.717, 1.165) is 17.7 Å². The number of para-hydroxylation sites is 1. The molecule has 0 unspecified atom stereocenters. The van der Waals surface area contributed by atoms with Gasteiger partial charge in [-0.05, 0) is 42.2 Å². The maximum absolute atomic E-state index is 12.5. The zero-order valence-electron chi connectivity index (χ0n) is 13.7. The summed E-state index contributed by atoms with van der Waals surface area (Å²) < 4.78 is 0. The van der Waals surface area contributed by atoms with E-state index in [9.17, 15) is 9.59 Å². The standard InChI is InChI=1S/C19H22N2O2/c1-4-13(2)17-10-5-6-11-18(17)21-19(23)15-8-7-9-16(12-15)20-14(3)22/h5-13H,4H2,1-3H3,(H,20,22)(H,21,23)/t13-/m0/s1. The summed E-state index contributed by atoms with van der Waals surface area (Å²) in [7, 11) is 0. The van der Waals surface area contributed by atoms with Gasteiger partial charge in [0.2, 0.25) is 5.91 Å². The van der Waals surface area contributed by atoms with Gasteiger partial charge in [-0.2, -0.15) is 0 Å². The van der Waals surface area contributed by atoms with Crippen LogP contribution < -0.4 is 10.6 Å². The van der Waals surface area contributed by atoms with Crippen LogP contribution in [0.4, 0.5) is 11.4 Å². The summed E-state index contributed by atoms with van der Waals surface area (Å²) in [5.41, 5.74) is 3.08. The molecule has 0 aliphatic carbocycles. The SMILES string of the molecule is CC[C@H](C)c1ccccc1NC(=O)c1cccc(NC(C)=O)c1. The van der Waals surface area contributed by atoms with E-state index in [1.54, 1.807) is 24.3 Å². The molecule has 0 fully saturated rings. The fourth-order valence-electron chi connectivity index (χ4n) is 2.40. The number of hydrogen-bond acceptors (Lipinski definition) is 2. The van der Waals surface area contributed by atoms with Crippen LogP contribution in [0.15, 0.2) is 48.5 Å². The topological polar surface area (TPSA) is 58.2 Å². The Kier molecular flexibility index (Phi) is 5.52. The summed E-state index contributed by atoms with van der Waals surface area (Å²) >= 11 is 0. The molecule has 4 heteroatoms. The predicted molar refractivity (Wildman–Crippen MR) is 93.8 cm³/mol. The van der Waals surface area contributed by atoms with Gasteiger partial charge in [-0.1, -0.05) is 38.1 Å². The van der Waals surface area contributed by atoms with Crippen molar-refractivity contribution < 1.29 is 9.59 Å². The Balaban J connectivity index is 2.21. The first-order valence-electron chi connectivity index (χ1n) is 7.79. The smallest absolute Gasteiger partial charge is 0.255 e. The van der Waals surface area contributed by atoms with Crippen LogP contribution in [0.2, 0.25) is 0 Å². The maximum Gasteiger partial charge on any atom is 0.255 e. The van der Waals surface area contributed by atoms with E-state index >= 15 is 0 Å². The van der Waals surface area contributed by atoms with Crippen LogP contribution in [-0.4, -0.2) is 11.8 Å². The highest BCUT2D eigenvalue weighted by atomic mass is 16.2. The molecular formula is C19H22N2O2.